The Kier molecular flexibility index (Phi) is 5.02. The highest BCUT2D eigenvalue weighted by atomic mass is 35.5. The Hall–Kier alpha value is -0.600. The van der Waals surface area contributed by atoms with Crippen LogP contribution in [-0.2, 0) is 6.42 Å². The fourth-order valence-electron chi connectivity index (χ4n) is 3.09. The molecule has 1 fully saturated rings. The van der Waals surface area contributed by atoms with Crippen molar-refractivity contribution in [2.24, 2.45) is 11.8 Å². The second-order valence-corrected chi connectivity index (χ2v) is 5.87. The molecule has 100 valence electrons. The van der Waals surface area contributed by atoms with E-state index in [1.807, 2.05) is 6.07 Å². The van der Waals surface area contributed by atoms with Gasteiger partial charge in [-0.05, 0) is 49.1 Å². The number of hydrogen-bond acceptors (Lipinski definition) is 2. The van der Waals surface area contributed by atoms with Crippen LogP contribution in [0.2, 0.25) is 5.02 Å². The molecule has 0 amide bonds. The highest BCUT2D eigenvalue weighted by Crippen LogP contribution is 2.35. The molecule has 2 rings (SSSR count). The van der Waals surface area contributed by atoms with Crippen molar-refractivity contribution in [1.29, 1.82) is 0 Å². The van der Waals surface area contributed by atoms with Crippen LogP contribution in [0.1, 0.15) is 44.6 Å². The lowest BCUT2D eigenvalue weighted by atomic mass is 9.75. The molecule has 0 aliphatic heterocycles. The van der Waals surface area contributed by atoms with Crippen LogP contribution in [0.5, 0.6) is 0 Å². The summed E-state index contributed by atoms with van der Waals surface area (Å²) in [5, 5.41) is 10.9. The standard InChI is InChI=1S/C15H22ClNO/c1-2-3-11-4-5-15(18)13(8-11)9-12-6-7-17-10-14(12)16/h6-7,10-11,13,15,18H,2-5,8-9H2,1H3. The van der Waals surface area contributed by atoms with Gasteiger partial charge in [-0.3, -0.25) is 4.98 Å². The summed E-state index contributed by atoms with van der Waals surface area (Å²) in [5.74, 6) is 1.14. The first-order chi connectivity index (χ1) is 8.70. The molecule has 1 saturated carbocycles. The van der Waals surface area contributed by atoms with Crippen molar-refractivity contribution in [1.82, 2.24) is 4.98 Å². The van der Waals surface area contributed by atoms with E-state index in [9.17, 15) is 5.11 Å². The number of aliphatic hydroxyl groups excluding tert-OH is 1. The SMILES string of the molecule is CCCC1CCC(O)C(Cc2ccncc2Cl)C1. The molecule has 3 unspecified atom stereocenters. The molecule has 0 aromatic carbocycles. The van der Waals surface area contributed by atoms with Gasteiger partial charge in [-0.15, -0.1) is 0 Å². The van der Waals surface area contributed by atoms with Gasteiger partial charge >= 0.3 is 0 Å². The van der Waals surface area contributed by atoms with E-state index in [0.717, 1.165) is 35.8 Å². The summed E-state index contributed by atoms with van der Waals surface area (Å²) in [6, 6.07) is 1.97. The number of halogens is 1. The van der Waals surface area contributed by atoms with E-state index in [4.69, 9.17) is 11.6 Å². The molecule has 3 atom stereocenters. The normalized spacial score (nSPS) is 28.3. The predicted octanol–water partition coefficient (Wildman–Crippen LogP) is 3.85. The van der Waals surface area contributed by atoms with E-state index >= 15 is 0 Å². The van der Waals surface area contributed by atoms with Gasteiger partial charge in [0.15, 0.2) is 0 Å². The zero-order valence-corrected chi connectivity index (χ0v) is 11.7. The van der Waals surface area contributed by atoms with Crippen LogP contribution < -0.4 is 0 Å². The molecule has 1 aromatic rings. The number of nitrogens with zero attached hydrogens (tertiary/aromatic N) is 1. The lowest BCUT2D eigenvalue weighted by molar-refractivity contribution is 0.0463. The number of hydrogen-bond donors (Lipinski definition) is 1. The molecular weight excluding hydrogens is 246 g/mol. The average molecular weight is 268 g/mol. The molecule has 1 aliphatic carbocycles. The molecule has 2 nitrogen and oxygen atoms in total. The first kappa shape index (κ1) is 13.8. The third-order valence-corrected chi connectivity index (χ3v) is 4.43. The van der Waals surface area contributed by atoms with Crippen molar-refractivity contribution in [3.05, 3.63) is 29.0 Å². The van der Waals surface area contributed by atoms with Gasteiger partial charge in [0.2, 0.25) is 0 Å². The van der Waals surface area contributed by atoms with E-state index < -0.39 is 0 Å². The van der Waals surface area contributed by atoms with Crippen LogP contribution in [0.25, 0.3) is 0 Å². The van der Waals surface area contributed by atoms with Gasteiger partial charge in [0, 0.05) is 12.4 Å². The van der Waals surface area contributed by atoms with Crippen molar-refractivity contribution in [3.8, 4) is 0 Å². The third-order valence-electron chi connectivity index (χ3n) is 4.09. The lowest BCUT2D eigenvalue weighted by Crippen LogP contribution is -2.30. The van der Waals surface area contributed by atoms with Crippen molar-refractivity contribution >= 4 is 11.6 Å². The first-order valence-electron chi connectivity index (χ1n) is 6.97. The minimum absolute atomic E-state index is 0.165. The summed E-state index contributed by atoms with van der Waals surface area (Å²) in [5.41, 5.74) is 1.12. The van der Waals surface area contributed by atoms with Gasteiger partial charge in [0.05, 0.1) is 11.1 Å². The maximum atomic E-state index is 10.1. The quantitative estimate of drug-likeness (QED) is 0.899. The summed E-state index contributed by atoms with van der Waals surface area (Å²) in [4.78, 5) is 4.01. The number of pyridine rings is 1. The molecule has 1 heterocycles. The van der Waals surface area contributed by atoms with Gasteiger partial charge in [-0.1, -0.05) is 31.4 Å². The second-order valence-electron chi connectivity index (χ2n) is 5.47. The Bertz CT molecular complexity index is 383. The Morgan fingerprint density at radius 2 is 2.28 bits per heavy atom. The van der Waals surface area contributed by atoms with Gasteiger partial charge in [-0.2, -0.15) is 0 Å². The van der Waals surface area contributed by atoms with E-state index in [1.54, 1.807) is 12.4 Å². The summed E-state index contributed by atoms with van der Waals surface area (Å²) in [6.07, 6.45) is 9.96. The van der Waals surface area contributed by atoms with Crippen molar-refractivity contribution in [3.63, 3.8) is 0 Å². The number of aliphatic hydroxyl groups is 1. The van der Waals surface area contributed by atoms with E-state index in [2.05, 4.69) is 11.9 Å². The van der Waals surface area contributed by atoms with Gasteiger partial charge in [0.25, 0.3) is 0 Å². The van der Waals surface area contributed by atoms with E-state index in [0.29, 0.717) is 5.92 Å². The monoisotopic (exact) mass is 267 g/mol. The molecular formula is C15H22ClNO. The fraction of sp³-hybridized carbons (Fsp3) is 0.667. The molecule has 3 heteroatoms. The van der Waals surface area contributed by atoms with Gasteiger partial charge in [0.1, 0.15) is 0 Å². The second kappa shape index (κ2) is 6.53. The molecule has 0 radical (unpaired) electrons. The van der Waals surface area contributed by atoms with Crippen molar-refractivity contribution < 1.29 is 5.11 Å². The van der Waals surface area contributed by atoms with E-state index in [-0.39, 0.29) is 6.10 Å². The molecule has 1 aliphatic rings. The molecule has 1 N–H and O–H groups in total. The Morgan fingerprint density at radius 3 is 3.00 bits per heavy atom. The smallest absolute Gasteiger partial charge is 0.0621 e. The summed E-state index contributed by atoms with van der Waals surface area (Å²) in [7, 11) is 0. The van der Waals surface area contributed by atoms with Crippen LogP contribution in [0.3, 0.4) is 0 Å². The zero-order valence-electron chi connectivity index (χ0n) is 11.0. The highest BCUT2D eigenvalue weighted by molar-refractivity contribution is 6.31. The minimum atomic E-state index is -0.165. The topological polar surface area (TPSA) is 33.1 Å². The Labute approximate surface area is 114 Å². The zero-order chi connectivity index (χ0) is 13.0. The first-order valence-corrected chi connectivity index (χ1v) is 7.35. The summed E-state index contributed by atoms with van der Waals surface area (Å²) >= 11 is 6.14. The highest BCUT2D eigenvalue weighted by Gasteiger charge is 2.29. The van der Waals surface area contributed by atoms with Gasteiger partial charge in [-0.25, -0.2) is 0 Å². The molecule has 0 bridgehead atoms. The Morgan fingerprint density at radius 1 is 1.44 bits per heavy atom. The predicted molar refractivity (Wildman–Crippen MR) is 74.7 cm³/mol. The Balaban J connectivity index is 2.00. The molecule has 0 saturated heterocycles. The van der Waals surface area contributed by atoms with Crippen molar-refractivity contribution in [2.75, 3.05) is 0 Å². The molecule has 1 aromatic heterocycles. The average Bonchev–Trinajstić information content (AvgIpc) is 2.36. The summed E-state index contributed by atoms with van der Waals surface area (Å²) < 4.78 is 0. The fourth-order valence-corrected chi connectivity index (χ4v) is 3.28. The maximum absolute atomic E-state index is 10.1. The lowest BCUT2D eigenvalue weighted by Gasteiger charge is -2.33. The van der Waals surface area contributed by atoms with E-state index in [1.165, 1.54) is 19.3 Å². The molecule has 0 spiro atoms. The minimum Gasteiger partial charge on any atom is -0.393 e. The van der Waals surface area contributed by atoms with Crippen LogP contribution in [-0.4, -0.2) is 16.2 Å². The maximum Gasteiger partial charge on any atom is 0.0621 e. The van der Waals surface area contributed by atoms with Crippen LogP contribution in [0.15, 0.2) is 18.5 Å². The third kappa shape index (κ3) is 3.46. The van der Waals surface area contributed by atoms with Gasteiger partial charge < -0.3 is 5.11 Å². The van der Waals surface area contributed by atoms with Crippen LogP contribution in [0.4, 0.5) is 0 Å². The summed E-state index contributed by atoms with van der Waals surface area (Å²) in [6.45, 7) is 2.24. The number of aromatic nitrogens is 1. The molecule has 18 heavy (non-hydrogen) atoms. The number of rotatable bonds is 4. The van der Waals surface area contributed by atoms with Crippen molar-refractivity contribution in [2.45, 2.75) is 51.6 Å². The largest absolute Gasteiger partial charge is 0.393 e. The van der Waals surface area contributed by atoms with Crippen LogP contribution >= 0.6 is 11.6 Å². The van der Waals surface area contributed by atoms with Crippen LogP contribution in [0, 0.1) is 11.8 Å².